The number of benzene rings is 3. The summed E-state index contributed by atoms with van der Waals surface area (Å²) in [5, 5.41) is 4.53. The van der Waals surface area contributed by atoms with Gasteiger partial charge in [-0.05, 0) is 60.2 Å². The third kappa shape index (κ3) is 5.98. The number of halogens is 2. The van der Waals surface area contributed by atoms with E-state index in [1.165, 1.54) is 45.7 Å². The second kappa shape index (κ2) is 11.4. The van der Waals surface area contributed by atoms with Crippen LogP contribution in [0.5, 0.6) is 23.0 Å². The van der Waals surface area contributed by atoms with Crippen LogP contribution in [0, 0.1) is 0 Å². The number of ether oxygens (including phenoxy) is 4. The van der Waals surface area contributed by atoms with Crippen molar-refractivity contribution >= 4 is 41.3 Å². The van der Waals surface area contributed by atoms with Gasteiger partial charge in [0.2, 0.25) is 0 Å². The molecule has 0 aliphatic heterocycles. The molecule has 3 aromatic carbocycles. The van der Waals surface area contributed by atoms with Gasteiger partial charge in [0.1, 0.15) is 0 Å². The van der Waals surface area contributed by atoms with Crippen molar-refractivity contribution in [2.45, 2.75) is 0 Å². The van der Waals surface area contributed by atoms with Crippen LogP contribution in [0.4, 0.5) is 0 Å². The van der Waals surface area contributed by atoms with E-state index >= 15 is 0 Å². The van der Waals surface area contributed by atoms with E-state index in [1.54, 1.807) is 36.4 Å². The number of esters is 1. The van der Waals surface area contributed by atoms with Gasteiger partial charge in [0.25, 0.3) is 5.91 Å². The smallest absolute Gasteiger partial charge is 0.343 e. The highest BCUT2D eigenvalue weighted by atomic mass is 35.5. The first-order valence-electron chi connectivity index (χ1n) is 9.77. The normalized spacial score (nSPS) is 10.6. The summed E-state index contributed by atoms with van der Waals surface area (Å²) >= 11 is 11.8. The predicted molar refractivity (Wildman–Crippen MR) is 129 cm³/mol. The van der Waals surface area contributed by atoms with Gasteiger partial charge in [-0.1, -0.05) is 23.2 Å². The highest BCUT2D eigenvalue weighted by molar-refractivity contribution is 6.42. The van der Waals surface area contributed by atoms with E-state index in [-0.39, 0.29) is 16.3 Å². The van der Waals surface area contributed by atoms with Crippen molar-refractivity contribution in [3.8, 4) is 23.0 Å². The highest BCUT2D eigenvalue weighted by Gasteiger charge is 2.14. The molecule has 8 nitrogen and oxygen atoms in total. The predicted octanol–water partition coefficient (Wildman–Crippen LogP) is 5.00. The number of methoxy groups -OCH3 is 3. The van der Waals surface area contributed by atoms with Crippen molar-refractivity contribution in [1.29, 1.82) is 0 Å². The minimum Gasteiger partial charge on any atom is -0.493 e. The van der Waals surface area contributed by atoms with E-state index in [4.69, 9.17) is 42.1 Å². The van der Waals surface area contributed by atoms with Crippen LogP contribution in [0.2, 0.25) is 10.0 Å². The first-order valence-corrected chi connectivity index (χ1v) is 10.5. The molecule has 0 aliphatic rings. The molecule has 1 amide bonds. The Morgan fingerprint density at radius 1 is 0.765 bits per heavy atom. The summed E-state index contributed by atoms with van der Waals surface area (Å²) in [7, 11) is 4.43. The van der Waals surface area contributed by atoms with Crippen molar-refractivity contribution in [3.05, 3.63) is 81.3 Å². The molecule has 0 atom stereocenters. The number of carbonyl (C=O) groups is 2. The SMILES string of the molecule is COc1ccc(C(=O)NN=Cc2ccc(OC(=O)c3ccc(Cl)c(Cl)c3)c(OC)c2)cc1OC. The Balaban J connectivity index is 1.68. The van der Waals surface area contributed by atoms with Crippen molar-refractivity contribution in [2.75, 3.05) is 21.3 Å². The molecule has 34 heavy (non-hydrogen) atoms. The standard InChI is InChI=1S/C24H20Cl2N2O6/c1-31-19-9-6-15(12-22(19)33-3)23(29)28-27-13-14-4-8-20(21(10-14)32-2)34-24(30)16-5-7-17(25)18(26)11-16/h4-13H,1-3H3,(H,28,29). The summed E-state index contributed by atoms with van der Waals surface area (Å²) in [6, 6.07) is 14.0. The monoisotopic (exact) mass is 502 g/mol. The molecule has 0 radical (unpaired) electrons. The van der Waals surface area contributed by atoms with Crippen LogP contribution < -0.4 is 24.4 Å². The van der Waals surface area contributed by atoms with Crippen molar-refractivity contribution < 1.29 is 28.5 Å². The molecule has 10 heteroatoms. The van der Waals surface area contributed by atoms with Gasteiger partial charge >= 0.3 is 5.97 Å². The third-order valence-corrected chi connectivity index (χ3v) is 5.31. The van der Waals surface area contributed by atoms with E-state index in [1.807, 2.05) is 0 Å². The number of hydrazone groups is 1. The first kappa shape index (κ1) is 24.9. The van der Waals surface area contributed by atoms with Gasteiger partial charge in [-0.25, -0.2) is 10.2 Å². The van der Waals surface area contributed by atoms with Gasteiger partial charge in [-0.2, -0.15) is 5.10 Å². The van der Waals surface area contributed by atoms with Crippen LogP contribution in [-0.4, -0.2) is 39.4 Å². The number of nitrogens with zero attached hydrogens (tertiary/aromatic N) is 1. The summed E-state index contributed by atoms with van der Waals surface area (Å²) in [6.07, 6.45) is 1.42. The molecule has 0 saturated carbocycles. The molecule has 0 aromatic heterocycles. The maximum atomic E-state index is 12.4. The number of hydrogen-bond donors (Lipinski definition) is 1. The average Bonchev–Trinajstić information content (AvgIpc) is 2.85. The van der Waals surface area contributed by atoms with Gasteiger partial charge in [0, 0.05) is 5.56 Å². The molecular formula is C24H20Cl2N2O6. The van der Waals surface area contributed by atoms with Crippen molar-refractivity contribution in [2.24, 2.45) is 5.10 Å². The largest absolute Gasteiger partial charge is 0.493 e. The molecule has 0 unspecified atom stereocenters. The van der Waals surface area contributed by atoms with Gasteiger partial charge in [-0.3, -0.25) is 4.79 Å². The fraction of sp³-hybridized carbons (Fsp3) is 0.125. The zero-order valence-electron chi connectivity index (χ0n) is 18.4. The first-order chi connectivity index (χ1) is 16.4. The zero-order valence-corrected chi connectivity index (χ0v) is 19.9. The van der Waals surface area contributed by atoms with Crippen LogP contribution in [0.25, 0.3) is 0 Å². The lowest BCUT2D eigenvalue weighted by Crippen LogP contribution is -2.17. The number of amides is 1. The maximum Gasteiger partial charge on any atom is 0.343 e. The molecule has 0 saturated heterocycles. The number of nitrogens with one attached hydrogen (secondary N) is 1. The molecule has 0 bridgehead atoms. The zero-order chi connectivity index (χ0) is 24.7. The van der Waals surface area contributed by atoms with Crippen LogP contribution in [0.15, 0.2) is 59.7 Å². The fourth-order valence-corrected chi connectivity index (χ4v) is 3.14. The van der Waals surface area contributed by atoms with Crippen LogP contribution in [-0.2, 0) is 0 Å². The summed E-state index contributed by atoms with van der Waals surface area (Å²) < 4.78 is 21.1. The van der Waals surface area contributed by atoms with E-state index in [2.05, 4.69) is 10.5 Å². The topological polar surface area (TPSA) is 95.5 Å². The lowest BCUT2D eigenvalue weighted by molar-refractivity contribution is 0.0729. The fourth-order valence-electron chi connectivity index (χ4n) is 2.84. The van der Waals surface area contributed by atoms with Crippen molar-refractivity contribution in [1.82, 2.24) is 5.43 Å². The number of carbonyl (C=O) groups excluding carboxylic acids is 2. The highest BCUT2D eigenvalue weighted by Crippen LogP contribution is 2.30. The van der Waals surface area contributed by atoms with Gasteiger partial charge in [0.05, 0.1) is 43.2 Å². The van der Waals surface area contributed by atoms with Crippen LogP contribution in [0.1, 0.15) is 26.3 Å². The summed E-state index contributed by atoms with van der Waals surface area (Å²) in [5.41, 5.74) is 3.61. The molecule has 0 fully saturated rings. The van der Waals surface area contributed by atoms with Gasteiger partial charge < -0.3 is 18.9 Å². The minimum absolute atomic E-state index is 0.199. The Morgan fingerprint density at radius 2 is 1.41 bits per heavy atom. The molecule has 176 valence electrons. The Labute approximate surface area is 206 Å². The quantitative estimate of drug-likeness (QED) is 0.201. The Hall–Kier alpha value is -3.75. The summed E-state index contributed by atoms with van der Waals surface area (Å²) in [6.45, 7) is 0. The third-order valence-electron chi connectivity index (χ3n) is 4.57. The van der Waals surface area contributed by atoms with Crippen molar-refractivity contribution in [3.63, 3.8) is 0 Å². The molecule has 3 rings (SSSR count). The maximum absolute atomic E-state index is 12.4. The summed E-state index contributed by atoms with van der Waals surface area (Å²) in [5.74, 6) is 0.370. The molecule has 3 aromatic rings. The van der Waals surface area contributed by atoms with Crippen LogP contribution >= 0.6 is 23.2 Å². The minimum atomic E-state index is -0.625. The van der Waals surface area contributed by atoms with Gasteiger partial charge in [-0.15, -0.1) is 0 Å². The number of hydrogen-bond acceptors (Lipinski definition) is 7. The Morgan fingerprint density at radius 3 is 2.09 bits per heavy atom. The van der Waals surface area contributed by atoms with E-state index in [0.29, 0.717) is 33.4 Å². The Bertz CT molecular complexity index is 1250. The lowest BCUT2D eigenvalue weighted by atomic mass is 10.2. The van der Waals surface area contributed by atoms with E-state index < -0.39 is 11.9 Å². The molecule has 0 heterocycles. The molecule has 1 N–H and O–H groups in total. The summed E-state index contributed by atoms with van der Waals surface area (Å²) in [4.78, 5) is 24.8. The second-order valence-corrected chi connectivity index (χ2v) is 7.51. The molecular weight excluding hydrogens is 483 g/mol. The number of rotatable bonds is 8. The van der Waals surface area contributed by atoms with E-state index in [9.17, 15) is 9.59 Å². The average molecular weight is 503 g/mol. The Kier molecular flexibility index (Phi) is 8.34. The lowest BCUT2D eigenvalue weighted by Gasteiger charge is -2.10. The van der Waals surface area contributed by atoms with E-state index in [0.717, 1.165) is 0 Å². The second-order valence-electron chi connectivity index (χ2n) is 6.70. The van der Waals surface area contributed by atoms with Crippen LogP contribution in [0.3, 0.4) is 0 Å². The molecule has 0 aliphatic carbocycles. The molecule has 0 spiro atoms. The van der Waals surface area contributed by atoms with Gasteiger partial charge in [0.15, 0.2) is 23.0 Å².